The highest BCUT2D eigenvalue weighted by molar-refractivity contribution is 7.89. The molecule has 0 spiro atoms. The summed E-state index contributed by atoms with van der Waals surface area (Å²) < 4.78 is 24.5. The summed E-state index contributed by atoms with van der Waals surface area (Å²) in [4.78, 5) is 1.01. The van der Waals surface area contributed by atoms with Crippen LogP contribution in [-0.2, 0) is 15.9 Å². The number of sulfonamides is 1. The largest absolute Gasteiger partial charge is 0.243 e. The van der Waals surface area contributed by atoms with Gasteiger partial charge in [-0.1, -0.05) is 0 Å². The molecule has 0 aliphatic carbocycles. The van der Waals surface area contributed by atoms with E-state index < -0.39 is 10.0 Å². The van der Waals surface area contributed by atoms with Crippen LogP contribution in [0.25, 0.3) is 0 Å². The van der Waals surface area contributed by atoms with Gasteiger partial charge in [0.15, 0.2) is 0 Å². The van der Waals surface area contributed by atoms with Gasteiger partial charge in [0.25, 0.3) is 0 Å². The van der Waals surface area contributed by atoms with Gasteiger partial charge in [0.05, 0.1) is 10.8 Å². The van der Waals surface area contributed by atoms with Gasteiger partial charge < -0.3 is 0 Å². The van der Waals surface area contributed by atoms with Crippen LogP contribution in [0.15, 0.2) is 16.3 Å². The molecular weight excluding hydrogens is 230 g/mol. The summed E-state index contributed by atoms with van der Waals surface area (Å²) in [6.45, 7) is 0. The van der Waals surface area contributed by atoms with E-state index in [0.29, 0.717) is 9.77 Å². The van der Waals surface area contributed by atoms with Crippen molar-refractivity contribution >= 4 is 33.0 Å². The highest BCUT2D eigenvalue weighted by atomic mass is 35.5. The van der Waals surface area contributed by atoms with Crippen LogP contribution in [0.4, 0.5) is 0 Å². The zero-order valence-corrected chi connectivity index (χ0v) is 9.71. The average molecular weight is 240 g/mol. The van der Waals surface area contributed by atoms with Gasteiger partial charge in [-0.15, -0.1) is 22.9 Å². The SMILES string of the molecule is CN(C)S(=O)(=O)c1ccsc1CCl. The van der Waals surface area contributed by atoms with Crippen LogP contribution in [0.2, 0.25) is 0 Å². The maximum atomic E-state index is 11.6. The van der Waals surface area contributed by atoms with Gasteiger partial charge in [0.2, 0.25) is 10.0 Å². The molecule has 0 amide bonds. The number of hydrogen-bond acceptors (Lipinski definition) is 3. The van der Waals surface area contributed by atoms with Crippen LogP contribution >= 0.6 is 22.9 Å². The standard InChI is InChI=1S/C7H10ClNO2S2/c1-9(2)13(10,11)7-3-4-12-6(7)5-8/h3-4H,5H2,1-2H3. The highest BCUT2D eigenvalue weighted by Gasteiger charge is 2.21. The van der Waals surface area contributed by atoms with Crippen LogP contribution in [0, 0.1) is 0 Å². The maximum Gasteiger partial charge on any atom is 0.243 e. The topological polar surface area (TPSA) is 37.4 Å². The molecule has 0 saturated heterocycles. The van der Waals surface area contributed by atoms with Gasteiger partial charge >= 0.3 is 0 Å². The molecule has 1 aromatic heterocycles. The van der Waals surface area contributed by atoms with E-state index in [9.17, 15) is 8.42 Å². The van der Waals surface area contributed by atoms with E-state index in [-0.39, 0.29) is 5.88 Å². The Labute approximate surface area is 87.0 Å². The third-order valence-corrected chi connectivity index (χ3v) is 4.96. The van der Waals surface area contributed by atoms with Crippen LogP contribution in [0.1, 0.15) is 4.88 Å². The molecule has 1 heterocycles. The molecular formula is C7H10ClNO2S2. The van der Waals surface area contributed by atoms with Crippen molar-refractivity contribution in [2.75, 3.05) is 14.1 Å². The van der Waals surface area contributed by atoms with E-state index in [2.05, 4.69) is 0 Å². The van der Waals surface area contributed by atoms with Crippen molar-refractivity contribution in [3.8, 4) is 0 Å². The molecule has 13 heavy (non-hydrogen) atoms. The first-order valence-electron chi connectivity index (χ1n) is 3.55. The fourth-order valence-electron chi connectivity index (χ4n) is 0.853. The van der Waals surface area contributed by atoms with E-state index in [4.69, 9.17) is 11.6 Å². The minimum Gasteiger partial charge on any atom is -0.207 e. The van der Waals surface area contributed by atoms with E-state index in [1.165, 1.54) is 29.7 Å². The van der Waals surface area contributed by atoms with Crippen LogP contribution in [0.5, 0.6) is 0 Å². The lowest BCUT2D eigenvalue weighted by Crippen LogP contribution is -2.22. The molecule has 0 atom stereocenters. The van der Waals surface area contributed by atoms with Gasteiger partial charge in [-0.25, -0.2) is 12.7 Å². The lowest BCUT2D eigenvalue weighted by atomic mass is 10.5. The molecule has 74 valence electrons. The minimum atomic E-state index is -3.32. The summed E-state index contributed by atoms with van der Waals surface area (Å²) in [5.41, 5.74) is 0. The normalized spacial score (nSPS) is 12.3. The van der Waals surface area contributed by atoms with Gasteiger partial charge in [-0.3, -0.25) is 0 Å². The third kappa shape index (κ3) is 2.04. The van der Waals surface area contributed by atoms with E-state index in [1.807, 2.05) is 0 Å². The van der Waals surface area contributed by atoms with Crippen molar-refractivity contribution in [1.29, 1.82) is 0 Å². The number of hydrogen-bond donors (Lipinski definition) is 0. The first-order chi connectivity index (χ1) is 6.00. The number of alkyl halides is 1. The molecule has 0 radical (unpaired) electrons. The zero-order valence-electron chi connectivity index (χ0n) is 7.32. The Bertz CT molecular complexity index is 383. The Morgan fingerprint density at radius 3 is 2.62 bits per heavy atom. The summed E-state index contributed by atoms with van der Waals surface area (Å²) in [7, 11) is -0.307. The van der Waals surface area contributed by atoms with Crippen molar-refractivity contribution in [3.05, 3.63) is 16.3 Å². The molecule has 0 fully saturated rings. The smallest absolute Gasteiger partial charge is 0.207 e. The van der Waals surface area contributed by atoms with Gasteiger partial charge in [-0.05, 0) is 11.4 Å². The number of thiophene rings is 1. The molecule has 0 unspecified atom stereocenters. The molecule has 0 saturated carbocycles. The molecule has 0 aromatic carbocycles. The van der Waals surface area contributed by atoms with Crippen molar-refractivity contribution in [2.24, 2.45) is 0 Å². The molecule has 0 N–H and O–H groups in total. The van der Waals surface area contributed by atoms with Crippen LogP contribution in [0.3, 0.4) is 0 Å². The molecule has 0 aliphatic heterocycles. The lowest BCUT2D eigenvalue weighted by Gasteiger charge is -2.10. The predicted octanol–water partition coefficient (Wildman–Crippen LogP) is 1.74. The molecule has 1 rings (SSSR count). The van der Waals surface area contributed by atoms with Crippen molar-refractivity contribution in [1.82, 2.24) is 4.31 Å². The molecule has 6 heteroatoms. The van der Waals surface area contributed by atoms with Crippen molar-refractivity contribution in [2.45, 2.75) is 10.8 Å². The second-order valence-corrected chi connectivity index (χ2v) is 6.02. The molecule has 1 aromatic rings. The van der Waals surface area contributed by atoms with Crippen molar-refractivity contribution in [3.63, 3.8) is 0 Å². The van der Waals surface area contributed by atoms with Gasteiger partial charge in [-0.2, -0.15) is 0 Å². The summed E-state index contributed by atoms with van der Waals surface area (Å²) in [6, 6.07) is 1.58. The first kappa shape index (κ1) is 11.0. The highest BCUT2D eigenvalue weighted by Crippen LogP contribution is 2.25. The summed E-state index contributed by atoms with van der Waals surface area (Å²) in [5, 5.41) is 1.73. The minimum absolute atomic E-state index is 0.236. The number of rotatable bonds is 3. The average Bonchev–Trinajstić information content (AvgIpc) is 2.51. The van der Waals surface area contributed by atoms with Gasteiger partial charge in [0.1, 0.15) is 0 Å². The lowest BCUT2D eigenvalue weighted by molar-refractivity contribution is 0.520. The van der Waals surface area contributed by atoms with Gasteiger partial charge in [0, 0.05) is 19.0 Å². The molecule has 3 nitrogen and oxygen atoms in total. The van der Waals surface area contributed by atoms with E-state index >= 15 is 0 Å². The fraction of sp³-hybridized carbons (Fsp3) is 0.429. The van der Waals surface area contributed by atoms with E-state index in [0.717, 1.165) is 0 Å². The third-order valence-electron chi connectivity index (χ3n) is 1.58. The summed E-state index contributed by atoms with van der Waals surface area (Å²) in [5.74, 6) is 0.236. The second kappa shape index (κ2) is 3.96. The quantitative estimate of drug-likeness (QED) is 0.754. The Morgan fingerprint density at radius 1 is 1.54 bits per heavy atom. The van der Waals surface area contributed by atoms with Crippen LogP contribution in [-0.4, -0.2) is 26.8 Å². The first-order valence-corrected chi connectivity index (χ1v) is 6.40. The van der Waals surface area contributed by atoms with Crippen LogP contribution < -0.4 is 0 Å². The fourth-order valence-corrected chi connectivity index (χ4v) is 3.42. The number of nitrogens with zero attached hydrogens (tertiary/aromatic N) is 1. The Kier molecular flexibility index (Phi) is 3.34. The summed E-state index contributed by atoms with van der Waals surface area (Å²) >= 11 is 6.97. The predicted molar refractivity (Wildman–Crippen MR) is 54.7 cm³/mol. The Morgan fingerprint density at radius 2 is 2.15 bits per heavy atom. The summed E-state index contributed by atoms with van der Waals surface area (Å²) in [6.07, 6.45) is 0. The second-order valence-electron chi connectivity index (χ2n) is 2.63. The zero-order chi connectivity index (χ0) is 10.1. The molecule has 0 aliphatic rings. The maximum absolute atomic E-state index is 11.6. The monoisotopic (exact) mass is 239 g/mol. The Balaban J connectivity index is 3.22. The number of halogens is 1. The Hall–Kier alpha value is -0.100. The van der Waals surface area contributed by atoms with E-state index in [1.54, 1.807) is 11.4 Å². The van der Waals surface area contributed by atoms with Crippen molar-refractivity contribution < 1.29 is 8.42 Å². The molecule has 0 bridgehead atoms.